The lowest BCUT2D eigenvalue weighted by molar-refractivity contribution is -0.145. The molecule has 6 nitrogen and oxygen atoms in total. The van der Waals surface area contributed by atoms with Crippen LogP contribution in [0.1, 0.15) is 16.7 Å². The third-order valence-electron chi connectivity index (χ3n) is 3.66. The summed E-state index contributed by atoms with van der Waals surface area (Å²) < 4.78 is 10.1. The smallest absolute Gasteiger partial charge is 0.328 e. The highest BCUT2D eigenvalue weighted by Gasteiger charge is 2.22. The van der Waals surface area contributed by atoms with Crippen molar-refractivity contribution in [1.82, 2.24) is 5.32 Å². The highest BCUT2D eigenvalue weighted by molar-refractivity contribution is 5.85. The van der Waals surface area contributed by atoms with Crippen LogP contribution in [0.3, 0.4) is 0 Å². The zero-order chi connectivity index (χ0) is 18.8. The summed E-state index contributed by atoms with van der Waals surface area (Å²) in [7, 11) is 1.26. The summed E-state index contributed by atoms with van der Waals surface area (Å²) in [6.45, 7) is 0.141. The normalized spacial score (nSPS) is 11.2. The van der Waals surface area contributed by atoms with E-state index in [4.69, 9.17) is 14.7 Å². The third kappa shape index (κ3) is 6.04. The number of benzene rings is 2. The molecular weight excluding hydrogens is 332 g/mol. The van der Waals surface area contributed by atoms with Gasteiger partial charge in [-0.15, -0.1) is 0 Å². The molecule has 2 rings (SSSR count). The maximum atomic E-state index is 12.1. The van der Waals surface area contributed by atoms with E-state index in [-0.39, 0.29) is 13.0 Å². The van der Waals surface area contributed by atoms with Crippen molar-refractivity contribution in [3.8, 4) is 6.07 Å². The summed E-state index contributed by atoms with van der Waals surface area (Å²) in [5.74, 6) is -0.962. The Hall–Kier alpha value is -3.17. The number of rotatable bonds is 8. The first kappa shape index (κ1) is 19.2. The maximum Gasteiger partial charge on any atom is 0.328 e. The number of carbonyl (C=O) groups is 2. The molecule has 0 saturated carbocycles. The molecule has 2 aromatic rings. The van der Waals surface area contributed by atoms with Crippen LogP contribution in [0.4, 0.5) is 0 Å². The number of hydrogen-bond donors (Lipinski definition) is 1. The van der Waals surface area contributed by atoms with Crippen molar-refractivity contribution in [2.45, 2.75) is 19.1 Å². The number of carbonyl (C=O) groups excluding carboxylic acids is 2. The number of nitriles is 1. The van der Waals surface area contributed by atoms with E-state index >= 15 is 0 Å². The number of nitrogens with zero attached hydrogens (tertiary/aromatic N) is 1. The maximum absolute atomic E-state index is 12.1. The standard InChI is InChI=1S/C20H20N2O4/c1-25-20(24)18(11-16-8-5-9-17(10-16)12-21)22-19(23)14-26-13-15-6-3-2-4-7-15/h2-10,18H,11,13-14H2,1H3,(H,22,23)/t18-/m0/s1. The van der Waals surface area contributed by atoms with Crippen molar-refractivity contribution < 1.29 is 19.1 Å². The molecule has 0 fully saturated rings. The summed E-state index contributed by atoms with van der Waals surface area (Å²) in [5.41, 5.74) is 2.20. The number of methoxy groups -OCH3 is 1. The second-order valence-corrected chi connectivity index (χ2v) is 5.64. The van der Waals surface area contributed by atoms with E-state index in [1.54, 1.807) is 24.3 Å². The van der Waals surface area contributed by atoms with Crippen LogP contribution in [-0.4, -0.2) is 31.6 Å². The lowest BCUT2D eigenvalue weighted by Gasteiger charge is -2.17. The van der Waals surface area contributed by atoms with Crippen LogP contribution in [0.2, 0.25) is 0 Å². The minimum Gasteiger partial charge on any atom is -0.467 e. The van der Waals surface area contributed by atoms with Crippen LogP contribution >= 0.6 is 0 Å². The molecule has 26 heavy (non-hydrogen) atoms. The van der Waals surface area contributed by atoms with Crippen molar-refractivity contribution in [3.63, 3.8) is 0 Å². The van der Waals surface area contributed by atoms with Crippen molar-refractivity contribution in [3.05, 3.63) is 71.3 Å². The molecule has 0 aliphatic carbocycles. The third-order valence-corrected chi connectivity index (χ3v) is 3.66. The van der Waals surface area contributed by atoms with Gasteiger partial charge in [0.25, 0.3) is 0 Å². The number of esters is 1. The molecule has 2 aromatic carbocycles. The first-order valence-corrected chi connectivity index (χ1v) is 8.10. The molecule has 0 unspecified atom stereocenters. The second-order valence-electron chi connectivity index (χ2n) is 5.64. The first-order chi connectivity index (χ1) is 12.6. The number of hydrogen-bond acceptors (Lipinski definition) is 5. The van der Waals surface area contributed by atoms with Gasteiger partial charge in [-0.25, -0.2) is 4.79 Å². The van der Waals surface area contributed by atoms with Crippen LogP contribution in [0.25, 0.3) is 0 Å². The Balaban J connectivity index is 1.91. The van der Waals surface area contributed by atoms with Gasteiger partial charge in [-0.05, 0) is 23.3 Å². The molecule has 0 radical (unpaired) electrons. The Morgan fingerprint density at radius 2 is 1.85 bits per heavy atom. The minimum atomic E-state index is -0.846. The van der Waals surface area contributed by atoms with Gasteiger partial charge in [-0.2, -0.15) is 5.26 Å². The lowest BCUT2D eigenvalue weighted by atomic mass is 10.0. The van der Waals surface area contributed by atoms with E-state index in [0.717, 1.165) is 11.1 Å². The van der Waals surface area contributed by atoms with E-state index in [2.05, 4.69) is 5.32 Å². The molecule has 0 saturated heterocycles. The fourth-order valence-corrected chi connectivity index (χ4v) is 2.41. The van der Waals surface area contributed by atoms with E-state index in [0.29, 0.717) is 12.2 Å². The van der Waals surface area contributed by atoms with Crippen molar-refractivity contribution in [2.24, 2.45) is 0 Å². The molecule has 134 valence electrons. The van der Waals surface area contributed by atoms with E-state index in [1.165, 1.54) is 7.11 Å². The van der Waals surface area contributed by atoms with Crippen LogP contribution in [0.5, 0.6) is 0 Å². The van der Waals surface area contributed by atoms with Gasteiger partial charge in [0, 0.05) is 6.42 Å². The van der Waals surface area contributed by atoms with Crippen LogP contribution in [0, 0.1) is 11.3 Å². The number of ether oxygens (including phenoxy) is 2. The molecule has 0 spiro atoms. The van der Waals surface area contributed by atoms with Crippen molar-refractivity contribution in [1.29, 1.82) is 5.26 Å². The average Bonchev–Trinajstić information content (AvgIpc) is 2.68. The Morgan fingerprint density at radius 1 is 1.12 bits per heavy atom. The zero-order valence-corrected chi connectivity index (χ0v) is 14.5. The minimum absolute atomic E-state index is 0.166. The molecule has 1 atom stereocenters. The Bertz CT molecular complexity index is 784. The summed E-state index contributed by atoms with van der Waals surface area (Å²) in [5, 5.41) is 11.6. The van der Waals surface area contributed by atoms with E-state index < -0.39 is 17.9 Å². The average molecular weight is 352 g/mol. The Kier molecular flexibility index (Phi) is 7.34. The fourth-order valence-electron chi connectivity index (χ4n) is 2.41. The van der Waals surface area contributed by atoms with Gasteiger partial charge in [0.1, 0.15) is 12.6 Å². The monoisotopic (exact) mass is 352 g/mol. The van der Waals surface area contributed by atoms with Gasteiger partial charge in [0.15, 0.2) is 0 Å². The molecule has 0 heterocycles. The predicted octanol–water partition coefficient (Wildman–Crippen LogP) is 1.98. The second kappa shape index (κ2) is 9.97. The molecule has 0 bridgehead atoms. The molecule has 0 aliphatic heterocycles. The van der Waals surface area contributed by atoms with E-state index in [9.17, 15) is 9.59 Å². The summed E-state index contributed by atoms with van der Waals surface area (Å²) >= 11 is 0. The summed E-state index contributed by atoms with van der Waals surface area (Å²) in [6.07, 6.45) is 0.229. The quantitative estimate of drug-likeness (QED) is 0.734. The fraction of sp³-hybridized carbons (Fsp3) is 0.250. The van der Waals surface area contributed by atoms with E-state index in [1.807, 2.05) is 36.4 Å². The van der Waals surface area contributed by atoms with Gasteiger partial charge in [-0.1, -0.05) is 42.5 Å². The Labute approximate surface area is 152 Å². The predicted molar refractivity (Wildman–Crippen MR) is 94.9 cm³/mol. The number of nitrogens with one attached hydrogen (secondary N) is 1. The first-order valence-electron chi connectivity index (χ1n) is 8.10. The largest absolute Gasteiger partial charge is 0.467 e. The Morgan fingerprint density at radius 3 is 2.54 bits per heavy atom. The molecule has 0 aromatic heterocycles. The molecule has 1 amide bonds. The molecule has 1 N–H and O–H groups in total. The topological polar surface area (TPSA) is 88.4 Å². The molecular formula is C20H20N2O4. The zero-order valence-electron chi connectivity index (χ0n) is 14.5. The van der Waals surface area contributed by atoms with Crippen molar-refractivity contribution in [2.75, 3.05) is 13.7 Å². The summed E-state index contributed by atoms with van der Waals surface area (Å²) in [4.78, 5) is 24.0. The van der Waals surface area contributed by atoms with Gasteiger partial charge in [0.05, 0.1) is 25.3 Å². The highest BCUT2D eigenvalue weighted by Crippen LogP contribution is 2.08. The van der Waals surface area contributed by atoms with Gasteiger partial charge in [-0.3, -0.25) is 4.79 Å². The molecule has 6 heteroatoms. The van der Waals surface area contributed by atoms with Crippen molar-refractivity contribution >= 4 is 11.9 Å². The summed E-state index contributed by atoms with van der Waals surface area (Å²) in [6, 6.07) is 17.5. The lowest BCUT2D eigenvalue weighted by Crippen LogP contribution is -2.44. The van der Waals surface area contributed by atoms with Gasteiger partial charge >= 0.3 is 5.97 Å². The highest BCUT2D eigenvalue weighted by atomic mass is 16.5. The number of amides is 1. The van der Waals surface area contributed by atoms with Crippen LogP contribution in [0.15, 0.2) is 54.6 Å². The molecule has 0 aliphatic rings. The SMILES string of the molecule is COC(=O)[C@H](Cc1cccc(C#N)c1)NC(=O)COCc1ccccc1. The van der Waals surface area contributed by atoms with Crippen LogP contribution in [-0.2, 0) is 32.1 Å². The van der Waals surface area contributed by atoms with Gasteiger partial charge in [0.2, 0.25) is 5.91 Å². The van der Waals surface area contributed by atoms with Gasteiger partial charge < -0.3 is 14.8 Å². The van der Waals surface area contributed by atoms with Crippen LogP contribution < -0.4 is 5.32 Å².